The topological polar surface area (TPSA) is 46.2 Å². The van der Waals surface area contributed by atoms with Crippen LogP contribution in [0.5, 0.6) is 0 Å². The minimum absolute atomic E-state index is 0.0317. The first kappa shape index (κ1) is 21.7. The van der Waals surface area contributed by atoms with E-state index < -0.39 is 0 Å². The molecule has 0 heterocycles. The van der Waals surface area contributed by atoms with Crippen molar-refractivity contribution in [3.05, 3.63) is 34.9 Å². The summed E-state index contributed by atoms with van der Waals surface area (Å²) in [6.07, 6.45) is 14.4. The molecule has 0 aromatic heterocycles. The third-order valence-electron chi connectivity index (χ3n) is 5.88. The maximum absolute atomic E-state index is 12.4. The standard InChI is InChI=1S/C24H37NO2/c1-19-14-15-21(18-20(19)2)23(26)16-17-24(27)25-22-12-10-8-6-4-3-5-7-9-11-13-22/h14-15,18,22H,3-13,16-17H2,1-2H3,(H,25,27). The van der Waals surface area contributed by atoms with Gasteiger partial charge < -0.3 is 5.32 Å². The average molecular weight is 372 g/mol. The van der Waals surface area contributed by atoms with Crippen LogP contribution in [0.3, 0.4) is 0 Å². The minimum atomic E-state index is 0.0317. The molecule has 27 heavy (non-hydrogen) atoms. The van der Waals surface area contributed by atoms with Gasteiger partial charge in [-0.2, -0.15) is 0 Å². The van der Waals surface area contributed by atoms with Gasteiger partial charge in [0.05, 0.1) is 0 Å². The van der Waals surface area contributed by atoms with Gasteiger partial charge in [0.1, 0.15) is 0 Å². The summed E-state index contributed by atoms with van der Waals surface area (Å²) in [5.41, 5.74) is 3.03. The van der Waals surface area contributed by atoms with Crippen molar-refractivity contribution in [2.24, 2.45) is 0 Å². The minimum Gasteiger partial charge on any atom is -0.353 e. The third-order valence-corrected chi connectivity index (χ3v) is 5.88. The number of ketones is 1. The van der Waals surface area contributed by atoms with Crippen molar-refractivity contribution < 1.29 is 9.59 Å². The summed E-state index contributed by atoms with van der Waals surface area (Å²) in [5, 5.41) is 3.21. The highest BCUT2D eigenvalue weighted by molar-refractivity contribution is 5.98. The Bertz CT molecular complexity index is 596. The van der Waals surface area contributed by atoms with Gasteiger partial charge in [-0.3, -0.25) is 9.59 Å². The van der Waals surface area contributed by atoms with Crippen LogP contribution in [0.15, 0.2) is 18.2 Å². The van der Waals surface area contributed by atoms with Gasteiger partial charge in [0.25, 0.3) is 0 Å². The Balaban J connectivity index is 1.77. The van der Waals surface area contributed by atoms with E-state index in [0.29, 0.717) is 12.8 Å². The molecule has 3 heteroatoms. The van der Waals surface area contributed by atoms with Gasteiger partial charge in [-0.25, -0.2) is 0 Å². The molecule has 1 saturated carbocycles. The largest absolute Gasteiger partial charge is 0.353 e. The monoisotopic (exact) mass is 371 g/mol. The molecule has 1 aromatic carbocycles. The summed E-state index contributed by atoms with van der Waals surface area (Å²) in [7, 11) is 0. The number of hydrogen-bond acceptors (Lipinski definition) is 2. The molecule has 0 spiro atoms. The summed E-state index contributed by atoms with van der Waals surface area (Å²) >= 11 is 0. The third kappa shape index (κ3) is 8.28. The molecule has 0 radical (unpaired) electrons. The quantitative estimate of drug-likeness (QED) is 0.640. The van der Waals surface area contributed by atoms with Gasteiger partial charge >= 0.3 is 0 Å². The van der Waals surface area contributed by atoms with Crippen molar-refractivity contribution in [2.75, 3.05) is 0 Å². The number of rotatable bonds is 5. The highest BCUT2D eigenvalue weighted by Crippen LogP contribution is 2.17. The molecule has 1 aliphatic carbocycles. The smallest absolute Gasteiger partial charge is 0.220 e. The number of benzene rings is 1. The number of hydrogen-bond donors (Lipinski definition) is 1. The Morgan fingerprint density at radius 2 is 1.37 bits per heavy atom. The van der Waals surface area contributed by atoms with Crippen LogP contribution in [0.1, 0.15) is 105 Å². The molecule has 1 fully saturated rings. The number of aryl methyl sites for hydroxylation is 2. The first-order valence-electron chi connectivity index (χ1n) is 11.0. The van der Waals surface area contributed by atoms with Crippen molar-refractivity contribution in [1.29, 1.82) is 0 Å². The lowest BCUT2D eigenvalue weighted by molar-refractivity contribution is -0.121. The van der Waals surface area contributed by atoms with E-state index in [1.165, 1.54) is 63.4 Å². The van der Waals surface area contributed by atoms with Gasteiger partial charge in [-0.15, -0.1) is 0 Å². The zero-order valence-electron chi connectivity index (χ0n) is 17.3. The molecular weight excluding hydrogens is 334 g/mol. The highest BCUT2D eigenvalue weighted by Gasteiger charge is 2.15. The van der Waals surface area contributed by atoms with E-state index in [1.54, 1.807) is 0 Å². The summed E-state index contributed by atoms with van der Waals surface area (Å²) in [6, 6.07) is 6.07. The molecule has 0 atom stereocenters. The van der Waals surface area contributed by atoms with Gasteiger partial charge in [0.2, 0.25) is 5.91 Å². The highest BCUT2D eigenvalue weighted by atomic mass is 16.2. The van der Waals surface area contributed by atoms with Crippen LogP contribution in [-0.4, -0.2) is 17.7 Å². The van der Waals surface area contributed by atoms with Gasteiger partial charge in [0.15, 0.2) is 5.78 Å². The van der Waals surface area contributed by atoms with E-state index in [2.05, 4.69) is 5.32 Å². The van der Waals surface area contributed by atoms with Crippen LogP contribution in [0.25, 0.3) is 0 Å². The molecule has 1 N–H and O–H groups in total. The van der Waals surface area contributed by atoms with E-state index in [4.69, 9.17) is 0 Å². The predicted molar refractivity (Wildman–Crippen MR) is 112 cm³/mol. The lowest BCUT2D eigenvalue weighted by Gasteiger charge is -2.19. The second-order valence-corrected chi connectivity index (χ2v) is 8.25. The fourth-order valence-electron chi connectivity index (χ4n) is 3.89. The number of amides is 1. The Morgan fingerprint density at radius 1 is 0.815 bits per heavy atom. The molecule has 1 aliphatic rings. The van der Waals surface area contributed by atoms with E-state index in [0.717, 1.165) is 24.0 Å². The zero-order valence-corrected chi connectivity index (χ0v) is 17.3. The number of Topliss-reactive ketones (excluding diaryl/α,β-unsaturated/α-hetero) is 1. The van der Waals surface area contributed by atoms with E-state index in [1.807, 2.05) is 32.0 Å². The maximum Gasteiger partial charge on any atom is 0.220 e. The summed E-state index contributed by atoms with van der Waals surface area (Å²) in [4.78, 5) is 24.8. The average Bonchev–Trinajstić information content (AvgIpc) is 2.64. The number of carbonyl (C=O) groups excluding carboxylic acids is 2. The molecule has 0 saturated heterocycles. The molecule has 0 unspecified atom stereocenters. The first-order valence-corrected chi connectivity index (χ1v) is 11.0. The number of carbonyl (C=O) groups is 2. The molecule has 0 aliphatic heterocycles. The van der Waals surface area contributed by atoms with Crippen LogP contribution >= 0.6 is 0 Å². The molecule has 1 amide bonds. The van der Waals surface area contributed by atoms with Crippen molar-refractivity contribution in [2.45, 2.75) is 103 Å². The molecule has 1 aromatic rings. The molecule has 3 nitrogen and oxygen atoms in total. The normalized spacial score (nSPS) is 17.6. The Kier molecular flexibility index (Phi) is 9.58. The van der Waals surface area contributed by atoms with Crippen LogP contribution in [0.2, 0.25) is 0 Å². The van der Waals surface area contributed by atoms with Gasteiger partial charge in [0, 0.05) is 24.4 Å². The lowest BCUT2D eigenvalue weighted by atomic mass is 9.97. The molecular formula is C24H37NO2. The van der Waals surface area contributed by atoms with E-state index in [-0.39, 0.29) is 17.7 Å². The number of nitrogens with one attached hydrogen (secondary N) is 1. The Labute approximate surface area is 165 Å². The molecule has 0 bridgehead atoms. The van der Waals surface area contributed by atoms with Crippen LogP contribution in [0.4, 0.5) is 0 Å². The van der Waals surface area contributed by atoms with Crippen LogP contribution in [0, 0.1) is 13.8 Å². The summed E-state index contributed by atoms with van der Waals surface area (Å²) in [5.74, 6) is 0.0937. The Morgan fingerprint density at radius 3 is 1.93 bits per heavy atom. The van der Waals surface area contributed by atoms with Crippen LogP contribution < -0.4 is 5.32 Å². The summed E-state index contributed by atoms with van der Waals surface area (Å²) in [6.45, 7) is 4.06. The molecule has 150 valence electrons. The van der Waals surface area contributed by atoms with Crippen LogP contribution in [-0.2, 0) is 4.79 Å². The zero-order chi connectivity index (χ0) is 19.5. The van der Waals surface area contributed by atoms with Crippen molar-refractivity contribution >= 4 is 11.7 Å². The van der Waals surface area contributed by atoms with Gasteiger partial charge in [-0.1, -0.05) is 69.9 Å². The van der Waals surface area contributed by atoms with Crippen molar-refractivity contribution in [3.8, 4) is 0 Å². The first-order chi connectivity index (χ1) is 13.1. The van der Waals surface area contributed by atoms with Crippen molar-refractivity contribution in [1.82, 2.24) is 5.32 Å². The fraction of sp³-hybridized carbons (Fsp3) is 0.667. The SMILES string of the molecule is Cc1ccc(C(=O)CCC(=O)NC2CCCCCCCCCCC2)cc1C. The van der Waals surface area contributed by atoms with Gasteiger partial charge in [-0.05, 0) is 43.9 Å². The lowest BCUT2D eigenvalue weighted by Crippen LogP contribution is -2.35. The summed E-state index contributed by atoms with van der Waals surface area (Å²) < 4.78 is 0. The predicted octanol–water partition coefficient (Wildman–Crippen LogP) is 6.06. The second kappa shape index (κ2) is 11.9. The Hall–Kier alpha value is -1.64. The maximum atomic E-state index is 12.4. The second-order valence-electron chi connectivity index (χ2n) is 8.25. The fourth-order valence-corrected chi connectivity index (χ4v) is 3.89. The molecule has 2 rings (SSSR count). The van der Waals surface area contributed by atoms with Crippen molar-refractivity contribution in [3.63, 3.8) is 0 Å². The van der Waals surface area contributed by atoms with E-state index in [9.17, 15) is 9.59 Å². The van der Waals surface area contributed by atoms with E-state index >= 15 is 0 Å².